The van der Waals surface area contributed by atoms with Gasteiger partial charge in [-0.15, -0.1) is 10.2 Å². The lowest BCUT2D eigenvalue weighted by atomic mass is 10.3. The van der Waals surface area contributed by atoms with Crippen LogP contribution in [-0.2, 0) is 4.79 Å². The minimum atomic E-state index is -0.370. The molecule has 6 nitrogen and oxygen atoms in total. The first-order valence-electron chi connectivity index (χ1n) is 5.56. The molecule has 0 bridgehead atoms. The highest BCUT2D eigenvalue weighted by molar-refractivity contribution is 6.29. The average molecular weight is 271 g/mol. The van der Waals surface area contributed by atoms with Crippen molar-refractivity contribution < 1.29 is 9.59 Å². The summed E-state index contributed by atoms with van der Waals surface area (Å²) in [7, 11) is 1.53. The lowest BCUT2D eigenvalue weighted by molar-refractivity contribution is -0.121. The van der Waals surface area contributed by atoms with Crippen LogP contribution >= 0.6 is 11.6 Å². The molecule has 1 aromatic heterocycles. The average Bonchev–Trinajstić information content (AvgIpc) is 2.36. The molecule has 18 heavy (non-hydrogen) atoms. The van der Waals surface area contributed by atoms with Crippen LogP contribution in [0.5, 0.6) is 0 Å². The third-order valence-electron chi connectivity index (χ3n) is 2.15. The number of carbonyl (C=O) groups excluding carboxylic acids is 2. The topological polar surface area (TPSA) is 75.2 Å². The molecule has 0 aromatic carbocycles. The Kier molecular flexibility index (Phi) is 5.51. The van der Waals surface area contributed by atoms with Crippen LogP contribution in [0.15, 0.2) is 12.1 Å². The van der Waals surface area contributed by atoms with E-state index in [-0.39, 0.29) is 29.2 Å². The Labute approximate surface area is 110 Å². The van der Waals surface area contributed by atoms with Gasteiger partial charge in [-0.25, -0.2) is 0 Å². The second-order valence-corrected chi connectivity index (χ2v) is 4.14. The van der Waals surface area contributed by atoms with Gasteiger partial charge in [-0.1, -0.05) is 18.5 Å². The fourth-order valence-electron chi connectivity index (χ4n) is 1.23. The maximum Gasteiger partial charge on any atom is 0.274 e. The molecular formula is C11H15ClN4O2. The lowest BCUT2D eigenvalue weighted by Gasteiger charge is -2.15. The van der Waals surface area contributed by atoms with E-state index in [2.05, 4.69) is 15.5 Å². The molecule has 0 atom stereocenters. The fraction of sp³-hybridized carbons (Fsp3) is 0.455. The van der Waals surface area contributed by atoms with Gasteiger partial charge in [0.25, 0.3) is 5.91 Å². The number of carbonyl (C=O) groups is 2. The van der Waals surface area contributed by atoms with Crippen LogP contribution in [-0.4, -0.2) is 47.0 Å². The van der Waals surface area contributed by atoms with E-state index in [9.17, 15) is 9.59 Å². The molecule has 2 amide bonds. The Morgan fingerprint density at radius 2 is 2.11 bits per heavy atom. The van der Waals surface area contributed by atoms with E-state index in [0.29, 0.717) is 6.54 Å². The molecule has 0 aliphatic heterocycles. The van der Waals surface area contributed by atoms with E-state index in [1.54, 1.807) is 0 Å². The van der Waals surface area contributed by atoms with Crippen molar-refractivity contribution in [3.63, 3.8) is 0 Å². The van der Waals surface area contributed by atoms with Crippen molar-refractivity contribution in [2.75, 3.05) is 20.1 Å². The Balaban J connectivity index is 2.56. The van der Waals surface area contributed by atoms with Gasteiger partial charge in [0.05, 0.1) is 6.54 Å². The third-order valence-corrected chi connectivity index (χ3v) is 2.35. The van der Waals surface area contributed by atoms with Gasteiger partial charge in [-0.2, -0.15) is 0 Å². The summed E-state index contributed by atoms with van der Waals surface area (Å²) < 4.78 is 0. The van der Waals surface area contributed by atoms with Gasteiger partial charge >= 0.3 is 0 Å². The second-order valence-electron chi connectivity index (χ2n) is 3.75. The number of aromatic nitrogens is 2. The molecule has 0 unspecified atom stereocenters. The predicted molar refractivity (Wildman–Crippen MR) is 67.3 cm³/mol. The van der Waals surface area contributed by atoms with E-state index in [1.165, 1.54) is 24.1 Å². The molecule has 7 heteroatoms. The van der Waals surface area contributed by atoms with Crippen LogP contribution < -0.4 is 5.32 Å². The Hall–Kier alpha value is -1.69. The first-order valence-corrected chi connectivity index (χ1v) is 5.93. The van der Waals surface area contributed by atoms with Crippen LogP contribution in [0.25, 0.3) is 0 Å². The number of rotatable bonds is 5. The van der Waals surface area contributed by atoms with E-state index >= 15 is 0 Å². The number of hydrogen-bond donors (Lipinski definition) is 1. The molecule has 1 N–H and O–H groups in total. The maximum atomic E-state index is 11.9. The highest BCUT2D eigenvalue weighted by Crippen LogP contribution is 2.04. The van der Waals surface area contributed by atoms with Gasteiger partial charge in [-0.05, 0) is 18.6 Å². The highest BCUT2D eigenvalue weighted by atomic mass is 35.5. The number of amides is 2. The molecular weight excluding hydrogens is 256 g/mol. The highest BCUT2D eigenvalue weighted by Gasteiger charge is 2.16. The molecule has 1 rings (SSSR count). The Morgan fingerprint density at radius 1 is 1.39 bits per heavy atom. The minimum absolute atomic E-state index is 0.0108. The molecule has 0 saturated heterocycles. The van der Waals surface area contributed by atoms with Gasteiger partial charge in [-0.3, -0.25) is 9.59 Å². The molecule has 1 aromatic rings. The maximum absolute atomic E-state index is 11.9. The van der Waals surface area contributed by atoms with Crippen molar-refractivity contribution in [3.05, 3.63) is 23.0 Å². The van der Waals surface area contributed by atoms with Gasteiger partial charge in [0, 0.05) is 13.6 Å². The van der Waals surface area contributed by atoms with Gasteiger partial charge in [0.15, 0.2) is 10.8 Å². The van der Waals surface area contributed by atoms with Gasteiger partial charge in [0.1, 0.15) is 0 Å². The zero-order valence-corrected chi connectivity index (χ0v) is 11.1. The number of halogens is 1. The monoisotopic (exact) mass is 270 g/mol. The smallest absolute Gasteiger partial charge is 0.274 e. The van der Waals surface area contributed by atoms with Crippen molar-refractivity contribution in [1.82, 2.24) is 20.4 Å². The second kappa shape index (κ2) is 6.90. The van der Waals surface area contributed by atoms with Crippen molar-refractivity contribution >= 4 is 23.4 Å². The van der Waals surface area contributed by atoms with Crippen LogP contribution in [0.4, 0.5) is 0 Å². The van der Waals surface area contributed by atoms with Gasteiger partial charge in [0.2, 0.25) is 5.91 Å². The number of nitrogens with one attached hydrogen (secondary N) is 1. The lowest BCUT2D eigenvalue weighted by Crippen LogP contribution is -2.38. The van der Waals surface area contributed by atoms with Crippen molar-refractivity contribution in [2.45, 2.75) is 13.3 Å². The molecule has 0 radical (unpaired) electrons. The summed E-state index contributed by atoms with van der Waals surface area (Å²) >= 11 is 5.57. The molecule has 0 spiro atoms. The zero-order valence-electron chi connectivity index (χ0n) is 10.3. The van der Waals surface area contributed by atoms with E-state index in [1.807, 2.05) is 6.92 Å². The molecule has 0 saturated carbocycles. The standard InChI is InChI=1S/C11H15ClN4O2/c1-3-6-13-10(17)7-16(2)11(18)8-4-5-9(12)15-14-8/h4-5H,3,6-7H2,1-2H3,(H,13,17). The molecule has 0 aliphatic carbocycles. The predicted octanol–water partition coefficient (Wildman–Crippen LogP) is 0.728. The van der Waals surface area contributed by atoms with Crippen molar-refractivity contribution in [2.24, 2.45) is 0 Å². The van der Waals surface area contributed by atoms with E-state index in [0.717, 1.165) is 6.42 Å². The van der Waals surface area contributed by atoms with Crippen LogP contribution in [0.3, 0.4) is 0 Å². The number of nitrogens with zero attached hydrogens (tertiary/aromatic N) is 3. The van der Waals surface area contributed by atoms with Crippen molar-refractivity contribution in [1.29, 1.82) is 0 Å². The van der Waals surface area contributed by atoms with Crippen LogP contribution in [0.1, 0.15) is 23.8 Å². The summed E-state index contributed by atoms with van der Waals surface area (Å²) in [6.07, 6.45) is 0.853. The largest absolute Gasteiger partial charge is 0.355 e. The Morgan fingerprint density at radius 3 is 2.67 bits per heavy atom. The summed E-state index contributed by atoms with van der Waals surface area (Å²) in [5.41, 5.74) is 0.158. The Bertz CT molecular complexity index is 422. The van der Waals surface area contributed by atoms with E-state index in [4.69, 9.17) is 11.6 Å². The molecule has 98 valence electrons. The normalized spacial score (nSPS) is 9.94. The molecule has 1 heterocycles. The molecule has 0 aliphatic rings. The summed E-state index contributed by atoms with van der Waals surface area (Å²) in [4.78, 5) is 24.6. The van der Waals surface area contributed by atoms with Crippen LogP contribution in [0.2, 0.25) is 5.15 Å². The first kappa shape index (κ1) is 14.4. The summed E-state index contributed by atoms with van der Waals surface area (Å²) in [5, 5.41) is 10.1. The van der Waals surface area contributed by atoms with Gasteiger partial charge < -0.3 is 10.2 Å². The zero-order chi connectivity index (χ0) is 13.5. The quantitative estimate of drug-likeness (QED) is 0.856. The summed E-state index contributed by atoms with van der Waals surface area (Å²) in [5.74, 6) is -0.569. The SMILES string of the molecule is CCCNC(=O)CN(C)C(=O)c1ccc(Cl)nn1. The van der Waals surface area contributed by atoms with E-state index < -0.39 is 0 Å². The number of likely N-dealkylation sites (N-methyl/N-ethyl adjacent to an activating group) is 1. The fourth-order valence-corrected chi connectivity index (χ4v) is 1.33. The summed E-state index contributed by atoms with van der Waals surface area (Å²) in [6.45, 7) is 2.54. The number of hydrogen-bond acceptors (Lipinski definition) is 4. The minimum Gasteiger partial charge on any atom is -0.355 e. The molecule has 0 fully saturated rings. The van der Waals surface area contributed by atoms with Crippen LogP contribution in [0, 0.1) is 0 Å². The third kappa shape index (κ3) is 4.29. The first-order chi connectivity index (χ1) is 8.54. The summed E-state index contributed by atoms with van der Waals surface area (Å²) in [6, 6.07) is 2.95. The van der Waals surface area contributed by atoms with Crippen molar-refractivity contribution in [3.8, 4) is 0 Å².